The van der Waals surface area contributed by atoms with E-state index in [0.717, 1.165) is 6.42 Å². The van der Waals surface area contributed by atoms with E-state index in [-0.39, 0.29) is 5.91 Å². The summed E-state index contributed by atoms with van der Waals surface area (Å²) < 4.78 is 0. The Morgan fingerprint density at radius 1 is 1.39 bits per heavy atom. The maximum atomic E-state index is 11.8. The zero-order valence-electron chi connectivity index (χ0n) is 11.6. The van der Waals surface area contributed by atoms with Crippen molar-refractivity contribution in [1.82, 2.24) is 5.32 Å². The van der Waals surface area contributed by atoms with Crippen LogP contribution in [0.15, 0.2) is 12.7 Å². The molecule has 0 saturated carbocycles. The minimum Gasteiger partial charge on any atom is -0.480 e. The molecule has 0 fully saturated rings. The molecule has 0 aliphatic heterocycles. The molecule has 4 nitrogen and oxygen atoms in total. The molecule has 2 N–H and O–H groups in total. The minimum absolute atomic E-state index is 0.174. The predicted molar refractivity (Wildman–Crippen MR) is 72.2 cm³/mol. The van der Waals surface area contributed by atoms with Crippen molar-refractivity contribution < 1.29 is 14.7 Å². The number of allylic oxidation sites excluding steroid dienone is 1. The molecule has 0 heterocycles. The third kappa shape index (κ3) is 6.42. The Bertz CT molecular complexity index is 287. The Morgan fingerprint density at radius 2 is 2.00 bits per heavy atom. The van der Waals surface area contributed by atoms with E-state index in [1.54, 1.807) is 6.08 Å². The van der Waals surface area contributed by atoms with Crippen molar-refractivity contribution in [1.29, 1.82) is 0 Å². The van der Waals surface area contributed by atoms with Gasteiger partial charge in [-0.25, -0.2) is 4.79 Å². The molecule has 0 aromatic carbocycles. The number of nitrogens with one attached hydrogen (secondary N) is 1. The van der Waals surface area contributed by atoms with Crippen molar-refractivity contribution in [2.45, 2.75) is 52.5 Å². The Labute approximate surface area is 109 Å². The largest absolute Gasteiger partial charge is 0.480 e. The fraction of sp³-hybridized carbons (Fsp3) is 0.714. The summed E-state index contributed by atoms with van der Waals surface area (Å²) in [5.74, 6) is -0.425. The van der Waals surface area contributed by atoms with Crippen molar-refractivity contribution in [2.75, 3.05) is 0 Å². The first kappa shape index (κ1) is 16.7. The Balaban J connectivity index is 4.32. The van der Waals surface area contributed by atoms with Crippen LogP contribution in [-0.4, -0.2) is 23.0 Å². The van der Waals surface area contributed by atoms with Gasteiger partial charge in [0.2, 0.25) is 5.91 Å². The summed E-state index contributed by atoms with van der Waals surface area (Å²) in [6, 6.07) is -0.805. The zero-order valence-corrected chi connectivity index (χ0v) is 11.6. The molecule has 0 bridgehead atoms. The first-order valence-electron chi connectivity index (χ1n) is 6.55. The summed E-state index contributed by atoms with van der Waals surface area (Å²) in [5.41, 5.74) is 0. The lowest BCUT2D eigenvalue weighted by molar-refractivity contribution is -0.142. The van der Waals surface area contributed by atoms with E-state index in [0.29, 0.717) is 31.1 Å². The number of aliphatic carboxylic acids is 1. The third-order valence-corrected chi connectivity index (χ3v) is 3.21. The molecule has 0 saturated heterocycles. The average molecular weight is 255 g/mol. The van der Waals surface area contributed by atoms with E-state index in [2.05, 4.69) is 25.7 Å². The fourth-order valence-corrected chi connectivity index (χ4v) is 1.88. The van der Waals surface area contributed by atoms with Crippen LogP contribution in [0.5, 0.6) is 0 Å². The first-order chi connectivity index (χ1) is 8.42. The summed E-state index contributed by atoms with van der Waals surface area (Å²) in [5, 5.41) is 11.6. The van der Waals surface area contributed by atoms with Crippen LogP contribution in [0.4, 0.5) is 0 Å². The number of carboxylic acid groups (broad SMARTS) is 1. The molecule has 0 rings (SSSR count). The molecule has 2 atom stereocenters. The molecule has 0 aliphatic rings. The van der Waals surface area contributed by atoms with E-state index in [1.807, 2.05) is 6.92 Å². The summed E-state index contributed by atoms with van der Waals surface area (Å²) >= 11 is 0. The molecule has 0 aromatic heterocycles. The highest BCUT2D eigenvalue weighted by Gasteiger charge is 2.21. The molecule has 2 unspecified atom stereocenters. The van der Waals surface area contributed by atoms with E-state index in [1.165, 1.54) is 0 Å². The summed E-state index contributed by atoms with van der Waals surface area (Å²) in [6.07, 6.45) is 3.95. The van der Waals surface area contributed by atoms with Crippen LogP contribution in [0.3, 0.4) is 0 Å². The topological polar surface area (TPSA) is 66.4 Å². The number of carboxylic acids is 1. The number of hydrogen-bond acceptors (Lipinski definition) is 2. The van der Waals surface area contributed by atoms with E-state index >= 15 is 0 Å². The minimum atomic E-state index is -0.984. The SMILES string of the molecule is C=CCCC(NC(=O)CC(CC)C(C)C)C(=O)O. The van der Waals surface area contributed by atoms with Gasteiger partial charge in [0.05, 0.1) is 0 Å². The summed E-state index contributed by atoms with van der Waals surface area (Å²) in [7, 11) is 0. The standard InChI is InChI=1S/C14H25NO3/c1-5-7-8-12(14(17)18)15-13(16)9-11(6-2)10(3)4/h5,10-12H,1,6-9H2,2-4H3,(H,15,16)(H,17,18). The highest BCUT2D eigenvalue weighted by Crippen LogP contribution is 2.18. The van der Waals surface area contributed by atoms with Crippen LogP contribution in [0.1, 0.15) is 46.5 Å². The van der Waals surface area contributed by atoms with Gasteiger partial charge in [0, 0.05) is 6.42 Å². The lowest BCUT2D eigenvalue weighted by atomic mass is 9.90. The molecule has 18 heavy (non-hydrogen) atoms. The van der Waals surface area contributed by atoms with Crippen LogP contribution in [0, 0.1) is 11.8 Å². The number of hydrogen-bond donors (Lipinski definition) is 2. The first-order valence-corrected chi connectivity index (χ1v) is 6.55. The van der Waals surface area contributed by atoms with Gasteiger partial charge in [0.25, 0.3) is 0 Å². The molecule has 0 spiro atoms. The zero-order chi connectivity index (χ0) is 14.1. The van der Waals surface area contributed by atoms with Gasteiger partial charge in [-0.1, -0.05) is 33.3 Å². The Hall–Kier alpha value is -1.32. The molecule has 0 aliphatic carbocycles. The van der Waals surface area contributed by atoms with Crippen LogP contribution >= 0.6 is 0 Å². The van der Waals surface area contributed by atoms with Gasteiger partial charge in [0.15, 0.2) is 0 Å². The second kappa shape index (κ2) is 8.72. The highest BCUT2D eigenvalue weighted by molar-refractivity contribution is 5.83. The smallest absolute Gasteiger partial charge is 0.326 e. The molecule has 1 amide bonds. The van der Waals surface area contributed by atoms with Gasteiger partial charge in [-0.15, -0.1) is 6.58 Å². The number of carbonyl (C=O) groups excluding carboxylic acids is 1. The van der Waals surface area contributed by atoms with Gasteiger partial charge in [-0.2, -0.15) is 0 Å². The molecule has 0 aromatic rings. The van der Waals surface area contributed by atoms with Gasteiger partial charge in [-0.05, 0) is 24.7 Å². The van der Waals surface area contributed by atoms with E-state index in [9.17, 15) is 9.59 Å². The Morgan fingerprint density at radius 3 is 2.39 bits per heavy atom. The lowest BCUT2D eigenvalue weighted by Crippen LogP contribution is -2.41. The van der Waals surface area contributed by atoms with Gasteiger partial charge in [0.1, 0.15) is 6.04 Å². The van der Waals surface area contributed by atoms with Crippen LogP contribution in [-0.2, 0) is 9.59 Å². The molecule has 104 valence electrons. The third-order valence-electron chi connectivity index (χ3n) is 3.21. The fourth-order valence-electron chi connectivity index (χ4n) is 1.88. The summed E-state index contributed by atoms with van der Waals surface area (Å²) in [6.45, 7) is 9.75. The number of carbonyl (C=O) groups is 2. The van der Waals surface area contributed by atoms with Crippen molar-refractivity contribution in [2.24, 2.45) is 11.8 Å². The van der Waals surface area contributed by atoms with Crippen LogP contribution in [0.2, 0.25) is 0 Å². The van der Waals surface area contributed by atoms with E-state index < -0.39 is 12.0 Å². The molecular weight excluding hydrogens is 230 g/mol. The molecule has 0 radical (unpaired) electrons. The number of amides is 1. The van der Waals surface area contributed by atoms with Gasteiger partial charge < -0.3 is 10.4 Å². The van der Waals surface area contributed by atoms with Gasteiger partial charge >= 0.3 is 5.97 Å². The quantitative estimate of drug-likeness (QED) is 0.622. The second-order valence-corrected chi connectivity index (χ2v) is 4.94. The van der Waals surface area contributed by atoms with Crippen molar-refractivity contribution in [3.05, 3.63) is 12.7 Å². The molecular formula is C14H25NO3. The van der Waals surface area contributed by atoms with Crippen molar-refractivity contribution in [3.63, 3.8) is 0 Å². The Kier molecular flexibility index (Phi) is 8.08. The van der Waals surface area contributed by atoms with Crippen molar-refractivity contribution >= 4 is 11.9 Å². The monoisotopic (exact) mass is 255 g/mol. The number of rotatable bonds is 9. The normalized spacial score (nSPS) is 14.0. The maximum Gasteiger partial charge on any atom is 0.326 e. The summed E-state index contributed by atoms with van der Waals surface area (Å²) in [4.78, 5) is 22.8. The van der Waals surface area contributed by atoms with Gasteiger partial charge in [-0.3, -0.25) is 4.79 Å². The predicted octanol–water partition coefficient (Wildman–Crippen LogP) is 2.59. The maximum absolute atomic E-state index is 11.8. The van der Waals surface area contributed by atoms with Crippen LogP contribution < -0.4 is 5.32 Å². The van der Waals surface area contributed by atoms with Crippen LogP contribution in [0.25, 0.3) is 0 Å². The highest BCUT2D eigenvalue weighted by atomic mass is 16.4. The molecule has 4 heteroatoms. The average Bonchev–Trinajstić information content (AvgIpc) is 2.30. The second-order valence-electron chi connectivity index (χ2n) is 4.94. The van der Waals surface area contributed by atoms with E-state index in [4.69, 9.17) is 5.11 Å². The lowest BCUT2D eigenvalue weighted by Gasteiger charge is -2.20. The van der Waals surface area contributed by atoms with Crippen molar-refractivity contribution in [3.8, 4) is 0 Å².